The first-order valence-corrected chi connectivity index (χ1v) is 10.8. The molecule has 31 heavy (non-hydrogen) atoms. The highest BCUT2D eigenvalue weighted by atomic mass is 16.5. The molecule has 0 atom stereocenters. The summed E-state index contributed by atoms with van der Waals surface area (Å²) in [5.41, 5.74) is 0.0951. The van der Waals surface area contributed by atoms with Crippen molar-refractivity contribution in [3.05, 3.63) is 40.3 Å². The van der Waals surface area contributed by atoms with Crippen molar-refractivity contribution < 1.29 is 14.3 Å². The summed E-state index contributed by atoms with van der Waals surface area (Å²) in [6, 6.07) is 6.95. The van der Waals surface area contributed by atoms with Crippen LogP contribution in [0.5, 0.6) is 0 Å². The monoisotopic (exact) mass is 427 g/mol. The van der Waals surface area contributed by atoms with E-state index in [1.165, 1.54) is 4.68 Å². The summed E-state index contributed by atoms with van der Waals surface area (Å²) in [5, 5.41) is 5.48. The molecule has 3 heterocycles. The smallest absolute Gasteiger partial charge is 0.275 e. The fraction of sp³-hybridized carbons (Fsp3) is 0.545. The second kappa shape index (κ2) is 9.15. The fourth-order valence-electron chi connectivity index (χ4n) is 4.07. The average molecular weight is 428 g/mol. The van der Waals surface area contributed by atoms with E-state index in [-0.39, 0.29) is 29.1 Å². The Morgan fingerprint density at radius 3 is 2.23 bits per heavy atom. The van der Waals surface area contributed by atoms with E-state index in [4.69, 9.17) is 4.74 Å². The normalized spacial score (nSPS) is 18.0. The van der Waals surface area contributed by atoms with E-state index >= 15 is 0 Å². The van der Waals surface area contributed by atoms with Crippen molar-refractivity contribution in [1.29, 1.82) is 0 Å². The van der Waals surface area contributed by atoms with Crippen LogP contribution < -0.4 is 5.56 Å². The van der Waals surface area contributed by atoms with Crippen LogP contribution in [0.25, 0.3) is 10.8 Å². The Kier molecular flexibility index (Phi) is 6.33. The lowest BCUT2D eigenvalue weighted by Gasteiger charge is -2.36. The minimum absolute atomic E-state index is 0.0888. The lowest BCUT2D eigenvalue weighted by Crippen LogP contribution is -2.53. The third kappa shape index (κ3) is 4.47. The van der Waals surface area contributed by atoms with Gasteiger partial charge in [0.1, 0.15) is 0 Å². The van der Waals surface area contributed by atoms with Crippen LogP contribution in [0.1, 0.15) is 30.4 Å². The van der Waals surface area contributed by atoms with E-state index in [9.17, 15) is 14.4 Å². The summed E-state index contributed by atoms with van der Waals surface area (Å²) in [4.78, 5) is 44.3. The first-order chi connectivity index (χ1) is 15.0. The maximum Gasteiger partial charge on any atom is 0.275 e. The van der Waals surface area contributed by atoms with E-state index in [0.29, 0.717) is 56.7 Å². The lowest BCUT2D eigenvalue weighted by molar-refractivity contribution is -0.134. The molecule has 0 radical (unpaired) electrons. The number of morpholine rings is 1. The summed E-state index contributed by atoms with van der Waals surface area (Å²) in [6.45, 7) is 8.89. The summed E-state index contributed by atoms with van der Waals surface area (Å²) in [5.74, 6) is -0.114. The molecular weight excluding hydrogens is 398 g/mol. The Bertz CT molecular complexity index is 1020. The molecule has 0 spiro atoms. The van der Waals surface area contributed by atoms with Crippen molar-refractivity contribution in [2.45, 2.75) is 19.9 Å². The van der Waals surface area contributed by atoms with Crippen LogP contribution in [0.4, 0.5) is 0 Å². The zero-order chi connectivity index (χ0) is 22.0. The highest BCUT2D eigenvalue weighted by Crippen LogP contribution is 2.18. The molecule has 9 nitrogen and oxygen atoms in total. The van der Waals surface area contributed by atoms with E-state index in [1.807, 2.05) is 24.8 Å². The van der Waals surface area contributed by atoms with E-state index in [1.54, 1.807) is 23.1 Å². The molecule has 2 saturated heterocycles. The topological polar surface area (TPSA) is 88.0 Å². The number of ether oxygens (including phenoxy) is 1. The molecule has 9 heteroatoms. The van der Waals surface area contributed by atoms with Crippen molar-refractivity contribution in [2.24, 2.45) is 0 Å². The van der Waals surface area contributed by atoms with Crippen molar-refractivity contribution in [3.8, 4) is 0 Å². The van der Waals surface area contributed by atoms with Crippen molar-refractivity contribution in [2.75, 3.05) is 59.0 Å². The van der Waals surface area contributed by atoms with Gasteiger partial charge in [0, 0.05) is 44.7 Å². The van der Waals surface area contributed by atoms with Gasteiger partial charge in [0.15, 0.2) is 5.69 Å². The average Bonchev–Trinajstić information content (AvgIpc) is 2.79. The van der Waals surface area contributed by atoms with Gasteiger partial charge in [-0.1, -0.05) is 18.2 Å². The van der Waals surface area contributed by atoms with Gasteiger partial charge in [-0.15, -0.1) is 0 Å². The molecule has 0 saturated carbocycles. The quantitative estimate of drug-likeness (QED) is 0.710. The molecule has 0 N–H and O–H groups in total. The molecule has 2 aliphatic rings. The Balaban J connectivity index is 1.47. The molecule has 166 valence electrons. The standard InChI is InChI=1S/C22H29N5O4/c1-16(2)27-21(29)18-6-4-3-5-17(18)20(23-27)22(30)26-9-7-25(8-10-26)19(28)15-24-11-13-31-14-12-24/h3-6,16H,7-15H2,1-2H3. The van der Waals surface area contributed by atoms with E-state index in [0.717, 1.165) is 13.1 Å². The fourth-order valence-corrected chi connectivity index (χ4v) is 4.07. The van der Waals surface area contributed by atoms with Gasteiger partial charge < -0.3 is 14.5 Å². The molecule has 2 aliphatic heterocycles. The minimum atomic E-state index is -0.203. The van der Waals surface area contributed by atoms with E-state index < -0.39 is 0 Å². The van der Waals surface area contributed by atoms with Crippen LogP contribution in [0.15, 0.2) is 29.1 Å². The lowest BCUT2D eigenvalue weighted by atomic mass is 10.1. The number of rotatable bonds is 4. The Hall–Kier alpha value is -2.78. The first-order valence-electron chi connectivity index (χ1n) is 10.8. The highest BCUT2D eigenvalue weighted by Gasteiger charge is 2.28. The number of fused-ring (bicyclic) bond motifs is 1. The third-order valence-corrected chi connectivity index (χ3v) is 5.90. The van der Waals surface area contributed by atoms with Crippen LogP contribution in [0.3, 0.4) is 0 Å². The van der Waals surface area contributed by atoms with Gasteiger partial charge in [0.05, 0.1) is 31.2 Å². The van der Waals surface area contributed by atoms with Gasteiger partial charge in [-0.2, -0.15) is 5.10 Å². The third-order valence-electron chi connectivity index (χ3n) is 5.90. The molecule has 2 aromatic rings. The number of piperazine rings is 1. The number of nitrogens with zero attached hydrogens (tertiary/aromatic N) is 5. The zero-order valence-electron chi connectivity index (χ0n) is 18.1. The zero-order valence-corrected chi connectivity index (χ0v) is 18.1. The second-order valence-electron chi connectivity index (χ2n) is 8.30. The number of carbonyl (C=O) groups is 2. The Morgan fingerprint density at radius 2 is 1.58 bits per heavy atom. The van der Waals surface area contributed by atoms with Crippen molar-refractivity contribution in [1.82, 2.24) is 24.5 Å². The predicted molar refractivity (Wildman–Crippen MR) is 116 cm³/mol. The predicted octanol–water partition coefficient (Wildman–Crippen LogP) is 0.594. The van der Waals surface area contributed by atoms with Crippen LogP contribution >= 0.6 is 0 Å². The van der Waals surface area contributed by atoms with Crippen molar-refractivity contribution >= 4 is 22.6 Å². The summed E-state index contributed by atoms with van der Waals surface area (Å²) in [7, 11) is 0. The molecular formula is C22H29N5O4. The molecule has 1 aromatic carbocycles. The number of benzene rings is 1. The molecule has 4 rings (SSSR count). The number of aromatic nitrogens is 2. The highest BCUT2D eigenvalue weighted by molar-refractivity contribution is 6.04. The van der Waals surface area contributed by atoms with Gasteiger partial charge in [0.2, 0.25) is 5.91 Å². The van der Waals surface area contributed by atoms with Gasteiger partial charge in [-0.25, -0.2) is 4.68 Å². The molecule has 0 unspecified atom stereocenters. The summed E-state index contributed by atoms with van der Waals surface area (Å²) >= 11 is 0. The van der Waals surface area contributed by atoms with Gasteiger partial charge in [0.25, 0.3) is 11.5 Å². The summed E-state index contributed by atoms with van der Waals surface area (Å²) in [6.07, 6.45) is 0. The number of amides is 2. The molecule has 2 fully saturated rings. The first kappa shape index (κ1) is 21.5. The molecule has 0 bridgehead atoms. The largest absolute Gasteiger partial charge is 0.379 e. The number of carbonyl (C=O) groups excluding carboxylic acids is 2. The van der Waals surface area contributed by atoms with Crippen LogP contribution in [0.2, 0.25) is 0 Å². The number of hydrogen-bond acceptors (Lipinski definition) is 6. The summed E-state index contributed by atoms with van der Waals surface area (Å²) < 4.78 is 6.70. The molecule has 2 amide bonds. The molecule has 0 aliphatic carbocycles. The van der Waals surface area contributed by atoms with Crippen LogP contribution in [-0.4, -0.2) is 95.3 Å². The maximum atomic E-state index is 13.3. The van der Waals surface area contributed by atoms with E-state index in [2.05, 4.69) is 10.00 Å². The second-order valence-corrected chi connectivity index (χ2v) is 8.30. The van der Waals surface area contributed by atoms with Gasteiger partial charge in [-0.05, 0) is 19.9 Å². The van der Waals surface area contributed by atoms with Crippen molar-refractivity contribution in [3.63, 3.8) is 0 Å². The number of hydrogen-bond donors (Lipinski definition) is 0. The Labute approximate surface area is 181 Å². The minimum Gasteiger partial charge on any atom is -0.379 e. The van der Waals surface area contributed by atoms with Gasteiger partial charge >= 0.3 is 0 Å². The Morgan fingerprint density at radius 1 is 0.968 bits per heavy atom. The maximum absolute atomic E-state index is 13.3. The SMILES string of the molecule is CC(C)n1nc(C(=O)N2CCN(C(=O)CN3CCOCC3)CC2)c2ccccc2c1=O. The molecule has 1 aromatic heterocycles. The van der Waals surface area contributed by atoms with Crippen LogP contribution in [-0.2, 0) is 9.53 Å². The van der Waals surface area contributed by atoms with Gasteiger partial charge in [-0.3, -0.25) is 19.3 Å². The van der Waals surface area contributed by atoms with Crippen LogP contribution in [0, 0.1) is 0 Å².